The molecule has 1 aromatic rings. The minimum Gasteiger partial charge on any atom is -0.330 e. The molecule has 0 fully saturated rings. The summed E-state index contributed by atoms with van der Waals surface area (Å²) in [7, 11) is 0. The van der Waals surface area contributed by atoms with E-state index in [2.05, 4.69) is 0 Å². The van der Waals surface area contributed by atoms with Crippen LogP contribution in [0.4, 0.5) is 0 Å². The zero-order valence-electron chi connectivity index (χ0n) is 9.45. The Kier molecular flexibility index (Phi) is 2.92. The Morgan fingerprint density at radius 2 is 2.19 bits per heavy atom. The van der Waals surface area contributed by atoms with E-state index in [1.54, 1.807) is 4.57 Å². The molecule has 0 amide bonds. The zero-order valence-corrected chi connectivity index (χ0v) is 9.45. The van der Waals surface area contributed by atoms with E-state index in [1.807, 2.05) is 13.0 Å². The number of aryl methyl sites for hydroxylation is 1. The van der Waals surface area contributed by atoms with Crippen LogP contribution in [0.3, 0.4) is 0 Å². The van der Waals surface area contributed by atoms with Crippen molar-refractivity contribution in [3.05, 3.63) is 33.2 Å². The number of carbonyl (C=O) groups excluding carboxylic acids is 1. The highest BCUT2D eigenvalue weighted by Crippen LogP contribution is 2.15. The maximum Gasteiger partial charge on any atom is 0.254 e. The first-order valence-corrected chi connectivity index (χ1v) is 5.61. The Balaban J connectivity index is 2.62. The number of hydrogen-bond donors (Lipinski definition) is 1. The minimum absolute atomic E-state index is 0.0338. The lowest BCUT2D eigenvalue weighted by Gasteiger charge is -2.19. The zero-order chi connectivity index (χ0) is 11.7. The van der Waals surface area contributed by atoms with Crippen molar-refractivity contribution in [2.75, 3.05) is 6.54 Å². The predicted octanol–water partition coefficient (Wildman–Crippen LogP) is 0.634. The van der Waals surface area contributed by atoms with E-state index in [0.29, 0.717) is 31.6 Å². The first-order valence-electron chi connectivity index (χ1n) is 5.61. The lowest BCUT2D eigenvalue weighted by atomic mass is 10.0. The smallest absolute Gasteiger partial charge is 0.254 e. The molecule has 4 heteroatoms. The third kappa shape index (κ3) is 1.69. The van der Waals surface area contributed by atoms with Crippen LogP contribution in [0.1, 0.15) is 34.5 Å². The molecule has 0 bridgehead atoms. The minimum atomic E-state index is -0.0338. The Morgan fingerprint density at radius 1 is 1.44 bits per heavy atom. The summed E-state index contributed by atoms with van der Waals surface area (Å²) in [6, 6.07) is 1.83. The van der Waals surface area contributed by atoms with Gasteiger partial charge in [0.25, 0.3) is 5.56 Å². The summed E-state index contributed by atoms with van der Waals surface area (Å²) in [4.78, 5) is 23.8. The third-order valence-electron chi connectivity index (χ3n) is 3.09. The van der Waals surface area contributed by atoms with Crippen LogP contribution in [0, 0.1) is 6.92 Å². The molecule has 0 aliphatic carbocycles. The number of hydrogen-bond acceptors (Lipinski definition) is 3. The lowest BCUT2D eigenvalue weighted by molar-refractivity contribution is 0.0952. The van der Waals surface area contributed by atoms with Crippen LogP contribution in [-0.4, -0.2) is 16.9 Å². The number of nitrogens with two attached hydrogens (primary N) is 1. The largest absolute Gasteiger partial charge is 0.330 e. The second-order valence-electron chi connectivity index (χ2n) is 4.21. The van der Waals surface area contributed by atoms with Crippen molar-refractivity contribution in [2.24, 2.45) is 5.73 Å². The molecule has 4 nitrogen and oxygen atoms in total. The molecule has 1 aromatic heterocycles. The van der Waals surface area contributed by atoms with Gasteiger partial charge in [0.05, 0.1) is 5.69 Å². The first-order chi connectivity index (χ1) is 7.65. The van der Waals surface area contributed by atoms with Crippen molar-refractivity contribution in [1.29, 1.82) is 0 Å². The van der Waals surface area contributed by atoms with Crippen LogP contribution in [-0.2, 0) is 13.0 Å². The Labute approximate surface area is 94.1 Å². The molecule has 16 heavy (non-hydrogen) atoms. The van der Waals surface area contributed by atoms with Gasteiger partial charge in [-0.1, -0.05) is 0 Å². The molecule has 86 valence electrons. The monoisotopic (exact) mass is 220 g/mol. The van der Waals surface area contributed by atoms with Crippen LogP contribution in [0.2, 0.25) is 0 Å². The fourth-order valence-electron chi connectivity index (χ4n) is 2.24. The number of carbonyl (C=O) groups is 1. The van der Waals surface area contributed by atoms with Gasteiger partial charge in [-0.05, 0) is 37.9 Å². The van der Waals surface area contributed by atoms with Crippen LogP contribution < -0.4 is 11.3 Å². The second-order valence-corrected chi connectivity index (χ2v) is 4.21. The Morgan fingerprint density at radius 3 is 2.88 bits per heavy atom. The molecule has 2 rings (SSSR count). The van der Waals surface area contributed by atoms with Crippen LogP contribution in [0.5, 0.6) is 0 Å². The average molecular weight is 220 g/mol. The molecule has 0 aromatic carbocycles. The van der Waals surface area contributed by atoms with E-state index >= 15 is 0 Å². The highest BCUT2D eigenvalue weighted by molar-refractivity contribution is 5.95. The second kappa shape index (κ2) is 4.22. The highest BCUT2D eigenvalue weighted by atomic mass is 16.1. The quantitative estimate of drug-likeness (QED) is 0.795. The highest BCUT2D eigenvalue weighted by Gasteiger charge is 2.20. The molecule has 0 saturated carbocycles. The SMILES string of the molecule is Cc1cc2n(c(=O)c1CCN)CCCC2=O. The van der Waals surface area contributed by atoms with E-state index in [4.69, 9.17) is 5.73 Å². The van der Waals surface area contributed by atoms with Crippen molar-refractivity contribution in [2.45, 2.75) is 32.7 Å². The molecule has 0 radical (unpaired) electrons. The van der Waals surface area contributed by atoms with Gasteiger partial charge >= 0.3 is 0 Å². The number of pyridine rings is 1. The van der Waals surface area contributed by atoms with Gasteiger partial charge in [-0.25, -0.2) is 0 Å². The third-order valence-corrected chi connectivity index (χ3v) is 3.09. The van der Waals surface area contributed by atoms with Gasteiger partial charge in [-0.3, -0.25) is 9.59 Å². The van der Waals surface area contributed by atoms with Crippen molar-refractivity contribution in [1.82, 2.24) is 4.57 Å². The van der Waals surface area contributed by atoms with E-state index in [1.165, 1.54) is 0 Å². The first kappa shape index (κ1) is 11.1. The van der Waals surface area contributed by atoms with Crippen molar-refractivity contribution in [3.63, 3.8) is 0 Å². The van der Waals surface area contributed by atoms with Gasteiger partial charge in [-0.15, -0.1) is 0 Å². The molecule has 0 unspecified atom stereocenters. The molecule has 1 aliphatic rings. The average Bonchev–Trinajstić information content (AvgIpc) is 2.26. The van der Waals surface area contributed by atoms with Gasteiger partial charge in [-0.2, -0.15) is 0 Å². The fraction of sp³-hybridized carbons (Fsp3) is 0.500. The molecular formula is C12H16N2O2. The summed E-state index contributed by atoms with van der Waals surface area (Å²) < 4.78 is 1.60. The molecule has 1 aliphatic heterocycles. The van der Waals surface area contributed by atoms with Crippen LogP contribution >= 0.6 is 0 Å². The maximum absolute atomic E-state index is 12.1. The topological polar surface area (TPSA) is 65.1 Å². The van der Waals surface area contributed by atoms with Crippen molar-refractivity contribution >= 4 is 5.78 Å². The summed E-state index contributed by atoms with van der Waals surface area (Å²) in [5.41, 5.74) is 7.65. The number of nitrogens with zero attached hydrogens (tertiary/aromatic N) is 1. The number of rotatable bonds is 2. The van der Waals surface area contributed by atoms with Crippen molar-refractivity contribution in [3.8, 4) is 0 Å². The molecular weight excluding hydrogens is 204 g/mol. The summed E-state index contributed by atoms with van der Waals surface area (Å²) >= 11 is 0. The summed E-state index contributed by atoms with van der Waals surface area (Å²) in [5.74, 6) is 0.0748. The lowest BCUT2D eigenvalue weighted by Crippen LogP contribution is -2.33. The van der Waals surface area contributed by atoms with E-state index in [-0.39, 0.29) is 11.3 Å². The molecule has 0 atom stereocenters. The standard InChI is InChI=1S/C12H16N2O2/c1-8-7-10-11(15)3-2-6-14(10)12(16)9(8)4-5-13/h7H,2-6,13H2,1H3. The normalized spacial score (nSPS) is 15.0. The summed E-state index contributed by atoms with van der Waals surface area (Å²) in [6.45, 7) is 2.98. The van der Waals surface area contributed by atoms with Gasteiger partial charge in [0.15, 0.2) is 5.78 Å². The summed E-state index contributed by atoms with van der Waals surface area (Å²) in [6.07, 6.45) is 1.89. The predicted molar refractivity (Wildman–Crippen MR) is 61.8 cm³/mol. The van der Waals surface area contributed by atoms with Gasteiger partial charge in [0.2, 0.25) is 0 Å². The van der Waals surface area contributed by atoms with Gasteiger partial charge < -0.3 is 10.3 Å². The van der Waals surface area contributed by atoms with E-state index in [9.17, 15) is 9.59 Å². The maximum atomic E-state index is 12.1. The molecule has 0 spiro atoms. The molecule has 2 heterocycles. The van der Waals surface area contributed by atoms with Crippen molar-refractivity contribution < 1.29 is 4.79 Å². The molecule has 2 N–H and O–H groups in total. The van der Waals surface area contributed by atoms with Gasteiger partial charge in [0.1, 0.15) is 0 Å². The number of aromatic nitrogens is 1. The van der Waals surface area contributed by atoms with E-state index in [0.717, 1.165) is 17.5 Å². The Hall–Kier alpha value is -1.42. The number of fused-ring (bicyclic) bond motifs is 1. The van der Waals surface area contributed by atoms with Crippen LogP contribution in [0.15, 0.2) is 10.9 Å². The fourth-order valence-corrected chi connectivity index (χ4v) is 2.24. The number of Topliss-reactive ketones (excluding diaryl/α,β-unsaturated/α-hetero) is 1. The van der Waals surface area contributed by atoms with E-state index < -0.39 is 0 Å². The van der Waals surface area contributed by atoms with Crippen LogP contribution in [0.25, 0.3) is 0 Å². The molecule has 0 saturated heterocycles. The Bertz CT molecular complexity index is 489. The van der Waals surface area contributed by atoms with Gasteiger partial charge in [0, 0.05) is 18.5 Å². The number of ketones is 1. The summed E-state index contributed by atoms with van der Waals surface area (Å²) in [5, 5.41) is 0.